The molecule has 8 amide bonds. The van der Waals surface area contributed by atoms with Crippen molar-refractivity contribution in [3.8, 4) is 0 Å². The molecule has 0 bridgehead atoms. The molecule has 0 spiro atoms. The summed E-state index contributed by atoms with van der Waals surface area (Å²) in [6, 6.07) is -3.39. The number of rotatable bonds is 26. The van der Waals surface area contributed by atoms with Gasteiger partial charge in [-0.2, -0.15) is 12.6 Å². The summed E-state index contributed by atoms with van der Waals surface area (Å²) in [5, 5.41) is 46.2. The largest absolute Gasteiger partial charge is 0.480 e. The number of aliphatic carboxylic acids is 1. The molecule has 2 aliphatic rings. The molecule has 5 heterocycles. The zero-order chi connectivity index (χ0) is 54.2. The van der Waals surface area contributed by atoms with E-state index in [1.165, 1.54) is 49.4 Å². The summed E-state index contributed by atoms with van der Waals surface area (Å²) in [5.41, 5.74) is 8.21. The number of hydrogen-bond acceptors (Lipinski definition) is 16. The molecule has 27 nitrogen and oxygen atoms in total. The van der Waals surface area contributed by atoms with Crippen LogP contribution in [0.4, 0.5) is 0 Å². The van der Waals surface area contributed by atoms with Crippen molar-refractivity contribution in [3.63, 3.8) is 0 Å². The molecule has 0 unspecified atom stereocenters. The molecule has 28 heteroatoms. The van der Waals surface area contributed by atoms with E-state index in [0.717, 1.165) is 4.90 Å². The van der Waals surface area contributed by atoms with E-state index in [4.69, 9.17) is 5.73 Å². The number of thiol groups is 1. The number of imidazole rings is 3. The first-order valence-corrected chi connectivity index (χ1v) is 24.9. The molecule has 2 saturated heterocycles. The van der Waals surface area contributed by atoms with E-state index in [9.17, 15) is 58.5 Å². The average molecular weight is 1060 g/mol. The highest BCUT2D eigenvalue weighted by Crippen LogP contribution is 2.22. The van der Waals surface area contributed by atoms with E-state index in [1.807, 2.05) is 0 Å². The summed E-state index contributed by atoms with van der Waals surface area (Å²) >= 11 is 4.20. The van der Waals surface area contributed by atoms with Crippen molar-refractivity contribution in [2.75, 3.05) is 25.4 Å². The van der Waals surface area contributed by atoms with Crippen molar-refractivity contribution in [1.82, 2.24) is 71.6 Å². The van der Waals surface area contributed by atoms with Crippen molar-refractivity contribution < 1.29 is 58.5 Å². The highest BCUT2D eigenvalue weighted by atomic mass is 32.1. The average Bonchev–Trinajstić information content (AvgIpc) is 4.26. The second-order valence-electron chi connectivity index (χ2n) is 18.3. The Balaban J connectivity index is 1.10. The third kappa shape index (κ3) is 15.4. The molecule has 2 aliphatic heterocycles. The normalized spacial score (nSPS) is 18.5. The Morgan fingerprint density at radius 1 is 0.640 bits per heavy atom. The van der Waals surface area contributed by atoms with Crippen LogP contribution < -0.4 is 37.6 Å². The molecule has 2 fully saturated rings. The maximum absolute atomic E-state index is 14.2. The number of nitrogens with one attached hydrogen (secondary N) is 9. The third-order valence-corrected chi connectivity index (χ3v) is 13.2. The van der Waals surface area contributed by atoms with E-state index >= 15 is 0 Å². The summed E-state index contributed by atoms with van der Waals surface area (Å²) < 4.78 is 0. The molecule has 3 aromatic heterocycles. The summed E-state index contributed by atoms with van der Waals surface area (Å²) in [5.74, 6) is -8.26. The van der Waals surface area contributed by atoms with E-state index in [0.29, 0.717) is 35.5 Å². The monoisotopic (exact) mass is 1060 g/mol. The molecular formula is C47H63N15O12S. The van der Waals surface area contributed by atoms with Crippen molar-refractivity contribution in [3.05, 3.63) is 90.5 Å². The lowest BCUT2D eigenvalue weighted by Gasteiger charge is -2.31. The number of hydrogen-bond donors (Lipinski definition) is 14. The van der Waals surface area contributed by atoms with Gasteiger partial charge in [-0.3, -0.25) is 38.4 Å². The molecule has 404 valence electrons. The number of nitrogens with zero attached hydrogens (tertiary/aromatic N) is 5. The fraction of sp³-hybridized carbons (Fsp3) is 0.489. The van der Waals surface area contributed by atoms with E-state index in [2.05, 4.69) is 74.4 Å². The number of carboxylic acid groups (broad SMARTS) is 1. The highest BCUT2D eigenvalue weighted by Gasteiger charge is 2.42. The molecule has 1 aromatic carbocycles. The fourth-order valence-corrected chi connectivity index (χ4v) is 9.07. The van der Waals surface area contributed by atoms with Crippen LogP contribution in [0, 0.1) is 0 Å². The second kappa shape index (κ2) is 27.0. The van der Waals surface area contributed by atoms with Crippen molar-refractivity contribution in [2.24, 2.45) is 5.73 Å². The van der Waals surface area contributed by atoms with Gasteiger partial charge in [0.15, 0.2) is 0 Å². The lowest BCUT2D eigenvalue weighted by Crippen LogP contribution is -2.62. The number of aromatic amines is 3. The number of aromatic nitrogens is 6. The zero-order valence-electron chi connectivity index (χ0n) is 40.9. The molecule has 6 rings (SSSR count). The maximum atomic E-state index is 14.2. The number of H-pyrrole nitrogens is 3. The standard InChI is InChI=1S/C47H63N15O12S/c1-25(64)38(60-41(67)32(16-29-19-51-24-54-29)55-39(65)30(48)14-27-17-49-22-52-27)44(70)59-35(21-75)42(68)58-34(20-63)46(72)61-11-5-9-36(61)43(69)56-31(15-28-18-50-23-53-28)40(66)57-33(13-26-7-3-2-4-8-26)45(71)62-12-6-10-37(62)47(73)74/h2-4,7-8,17-19,22-25,30-38,63-64,75H,5-6,9-16,20-21,48H2,1H3,(H,49,52)(H,50,53)(H,51,54)(H,55,65)(H,56,69)(H,57,66)(H,58,68)(H,59,70)(H,60,67)(H,73,74)/t25-,30+,31+,32+,33+,34+,35+,36+,37+,38+/m1/s1. The molecular weight excluding hydrogens is 999 g/mol. The predicted molar refractivity (Wildman–Crippen MR) is 266 cm³/mol. The van der Waals surface area contributed by atoms with Gasteiger partial charge in [-0.15, -0.1) is 0 Å². The highest BCUT2D eigenvalue weighted by molar-refractivity contribution is 7.80. The van der Waals surface area contributed by atoms with Gasteiger partial charge >= 0.3 is 5.97 Å². The Morgan fingerprint density at radius 2 is 1.12 bits per heavy atom. The molecule has 0 saturated carbocycles. The van der Waals surface area contributed by atoms with Crippen LogP contribution >= 0.6 is 12.6 Å². The molecule has 0 aliphatic carbocycles. The first kappa shape index (κ1) is 56.6. The maximum Gasteiger partial charge on any atom is 0.326 e. The molecule has 10 atom stereocenters. The van der Waals surface area contributed by atoms with Gasteiger partial charge in [-0.05, 0) is 38.2 Å². The van der Waals surface area contributed by atoms with Crippen LogP contribution in [0.3, 0.4) is 0 Å². The lowest BCUT2D eigenvalue weighted by atomic mass is 10.0. The van der Waals surface area contributed by atoms with Crippen LogP contribution in [0.2, 0.25) is 0 Å². The third-order valence-electron chi connectivity index (χ3n) is 12.8. The van der Waals surface area contributed by atoms with Gasteiger partial charge in [0, 0.05) is 80.2 Å². The van der Waals surface area contributed by atoms with E-state index in [-0.39, 0.29) is 57.4 Å². The molecule has 75 heavy (non-hydrogen) atoms. The minimum atomic E-state index is -1.70. The van der Waals surface area contributed by atoms with Crippen LogP contribution in [0.15, 0.2) is 67.9 Å². The van der Waals surface area contributed by atoms with Crippen molar-refractivity contribution >= 4 is 65.9 Å². The Hall–Kier alpha value is -7.69. The minimum Gasteiger partial charge on any atom is -0.480 e. The molecule has 0 radical (unpaired) electrons. The van der Waals surface area contributed by atoms with Gasteiger partial charge in [0.05, 0.1) is 37.7 Å². The number of carbonyl (C=O) groups is 9. The quantitative estimate of drug-likeness (QED) is 0.0265. The SMILES string of the molecule is C[C@@H](O)[C@H](NC(=O)[C@H](Cc1cnc[nH]1)NC(=O)[C@@H](N)Cc1cnc[nH]1)C(=O)N[C@@H](CS)C(=O)N[C@@H](CO)C(=O)N1CCC[C@H]1C(=O)N[C@@H](Cc1cnc[nH]1)C(=O)N[C@@H](Cc1ccccc1)C(=O)N1CCC[C@H]1C(=O)O. The van der Waals surface area contributed by atoms with Crippen LogP contribution in [0.1, 0.15) is 55.3 Å². The summed E-state index contributed by atoms with van der Waals surface area (Å²) in [7, 11) is 0. The second-order valence-corrected chi connectivity index (χ2v) is 18.6. The number of benzene rings is 1. The van der Waals surface area contributed by atoms with Crippen LogP contribution in [0.25, 0.3) is 0 Å². The summed E-state index contributed by atoms with van der Waals surface area (Å²) in [4.78, 5) is 146. The number of carboxylic acids is 1. The number of aliphatic hydroxyl groups is 2. The van der Waals surface area contributed by atoms with E-state index < -0.39 is 120 Å². The predicted octanol–water partition coefficient (Wildman–Crippen LogP) is -4.27. The number of nitrogens with two attached hydrogens (primary N) is 1. The number of likely N-dealkylation sites (tertiary alicyclic amines) is 2. The van der Waals surface area contributed by atoms with Gasteiger partial charge < -0.3 is 77.7 Å². The van der Waals surface area contributed by atoms with Gasteiger partial charge in [0.25, 0.3) is 0 Å². The smallest absolute Gasteiger partial charge is 0.326 e. The Labute approximate surface area is 435 Å². The number of aliphatic hydroxyl groups excluding tert-OH is 2. The Morgan fingerprint density at radius 3 is 1.65 bits per heavy atom. The van der Waals surface area contributed by atoms with Gasteiger partial charge in [0.2, 0.25) is 47.3 Å². The number of amides is 8. The molecule has 4 aromatic rings. The first-order valence-electron chi connectivity index (χ1n) is 24.2. The topological polar surface area (TPSA) is 405 Å². The summed E-state index contributed by atoms with van der Waals surface area (Å²) in [6.45, 7) is 0.429. The van der Waals surface area contributed by atoms with Gasteiger partial charge in [0.1, 0.15) is 48.3 Å². The fourth-order valence-electron chi connectivity index (χ4n) is 8.81. The van der Waals surface area contributed by atoms with Crippen LogP contribution in [-0.2, 0) is 68.8 Å². The lowest BCUT2D eigenvalue weighted by molar-refractivity contribution is -0.149. The van der Waals surface area contributed by atoms with Crippen LogP contribution in [0.5, 0.6) is 0 Å². The molecule has 14 N–H and O–H groups in total. The van der Waals surface area contributed by atoms with Gasteiger partial charge in [-0.25, -0.2) is 19.7 Å². The van der Waals surface area contributed by atoms with E-state index in [1.54, 1.807) is 30.3 Å². The minimum absolute atomic E-state index is 0.00683. The Bertz CT molecular complexity index is 2570. The van der Waals surface area contributed by atoms with Crippen LogP contribution in [-0.4, -0.2) is 194 Å². The Kier molecular flexibility index (Phi) is 20.4. The zero-order valence-corrected chi connectivity index (χ0v) is 41.8. The van der Waals surface area contributed by atoms with Gasteiger partial charge in [-0.1, -0.05) is 30.3 Å². The van der Waals surface area contributed by atoms with Crippen molar-refractivity contribution in [1.29, 1.82) is 0 Å². The summed E-state index contributed by atoms with van der Waals surface area (Å²) in [6.07, 6.45) is 7.85. The first-order chi connectivity index (χ1) is 36.0. The van der Waals surface area contributed by atoms with Crippen molar-refractivity contribution in [2.45, 2.75) is 119 Å². The number of carbonyl (C=O) groups excluding carboxylic acids is 8.